The van der Waals surface area contributed by atoms with Gasteiger partial charge in [-0.1, -0.05) is 48.2 Å². The Morgan fingerprint density at radius 2 is 1.89 bits per heavy atom. The summed E-state index contributed by atoms with van der Waals surface area (Å²) in [7, 11) is 0. The largest absolute Gasteiger partial charge is 0.457 e. The molecule has 1 amide bonds. The Labute approximate surface area is 270 Å². The molecule has 1 aromatic carbocycles. The van der Waals surface area contributed by atoms with E-state index < -0.39 is 34.6 Å². The third kappa shape index (κ3) is 5.75. The molecule has 0 spiro atoms. The molecule has 10 nitrogen and oxygen atoms in total. The minimum Gasteiger partial charge on any atom is -0.457 e. The summed E-state index contributed by atoms with van der Waals surface area (Å²) < 4.78 is 19.6. The molecular weight excluding hydrogens is 642 g/mol. The van der Waals surface area contributed by atoms with Crippen molar-refractivity contribution in [3.05, 3.63) is 61.8 Å². The number of benzene rings is 1. The van der Waals surface area contributed by atoms with Crippen molar-refractivity contribution in [2.45, 2.75) is 97.0 Å². The summed E-state index contributed by atoms with van der Waals surface area (Å²) in [5.74, 6) is -1.28. The Hall–Kier alpha value is -3.73. The molecule has 2 aromatic heterocycles. The number of fused-ring (bicyclic) bond motifs is 5. The number of carbonyl (C=O) groups is 3. The van der Waals surface area contributed by atoms with E-state index in [0.29, 0.717) is 29.1 Å². The van der Waals surface area contributed by atoms with E-state index in [-0.39, 0.29) is 31.6 Å². The molecule has 1 saturated carbocycles. The van der Waals surface area contributed by atoms with Crippen molar-refractivity contribution in [3.63, 3.8) is 0 Å². The van der Waals surface area contributed by atoms with Crippen LogP contribution in [0.15, 0.2) is 39.6 Å². The number of hydrogen-bond acceptors (Lipinski definition) is 8. The Balaban J connectivity index is 1.33. The van der Waals surface area contributed by atoms with Gasteiger partial charge in [-0.05, 0) is 69.7 Å². The molecule has 4 heterocycles. The van der Waals surface area contributed by atoms with Crippen molar-refractivity contribution in [2.24, 2.45) is 5.41 Å². The van der Waals surface area contributed by atoms with Crippen LogP contribution in [0, 0.1) is 5.41 Å². The Kier molecular flexibility index (Phi) is 8.04. The fraction of sp³-hybridized carbons (Fsp3) is 0.500. The first-order chi connectivity index (χ1) is 21.3. The molecule has 238 valence electrons. The number of rotatable bonds is 6. The highest BCUT2D eigenvalue weighted by Gasteiger charge is 2.51. The average molecular weight is 681 g/mol. The predicted octanol–water partition coefficient (Wildman–Crippen LogP) is 6.26. The summed E-state index contributed by atoms with van der Waals surface area (Å²) in [5, 5.41) is 3.79. The molecule has 1 aliphatic carbocycles. The molecule has 0 bridgehead atoms. The number of nitrogens with zero attached hydrogens (tertiary/aromatic N) is 2. The first kappa shape index (κ1) is 31.3. The van der Waals surface area contributed by atoms with Crippen molar-refractivity contribution in [1.82, 2.24) is 14.9 Å². The highest BCUT2D eigenvalue weighted by Crippen LogP contribution is 2.44. The van der Waals surface area contributed by atoms with Crippen LogP contribution in [0.1, 0.15) is 89.3 Å². The number of carbonyl (C=O) groups excluding carboxylic acids is 3. The number of pyridine rings is 2. The Morgan fingerprint density at radius 1 is 1.13 bits per heavy atom. The second-order valence-corrected chi connectivity index (χ2v) is 14.3. The van der Waals surface area contributed by atoms with Crippen LogP contribution < -0.4 is 10.9 Å². The number of ether oxygens (including phenoxy) is 3. The van der Waals surface area contributed by atoms with Gasteiger partial charge >= 0.3 is 18.0 Å². The minimum absolute atomic E-state index is 0.00232. The monoisotopic (exact) mass is 679 g/mol. The number of esters is 2. The molecule has 3 aromatic rings. The molecule has 1 unspecified atom stereocenters. The van der Waals surface area contributed by atoms with Gasteiger partial charge in [-0.2, -0.15) is 0 Å². The summed E-state index contributed by atoms with van der Waals surface area (Å²) in [6, 6.07) is 9.56. The second kappa shape index (κ2) is 11.6. The van der Waals surface area contributed by atoms with E-state index >= 15 is 0 Å². The average Bonchev–Trinajstić information content (AvgIpc) is 3.34. The Morgan fingerprint density at radius 3 is 2.60 bits per heavy atom. The number of cyclic esters (lactones) is 1. The Bertz CT molecular complexity index is 1770. The highest BCUT2D eigenvalue weighted by atomic mass is 79.9. The molecule has 3 aliphatic rings. The van der Waals surface area contributed by atoms with Crippen LogP contribution in [0.4, 0.5) is 4.79 Å². The molecular formula is C34H38BrN3O7. The number of nitrogens with one attached hydrogen (secondary N) is 1. The van der Waals surface area contributed by atoms with Crippen LogP contribution in [0.3, 0.4) is 0 Å². The number of aromatic nitrogens is 2. The van der Waals surface area contributed by atoms with Crippen LogP contribution in [-0.4, -0.2) is 39.7 Å². The van der Waals surface area contributed by atoms with E-state index in [1.54, 1.807) is 38.3 Å². The summed E-state index contributed by atoms with van der Waals surface area (Å²) in [6.07, 6.45) is 3.85. The van der Waals surface area contributed by atoms with Gasteiger partial charge in [-0.3, -0.25) is 9.59 Å². The van der Waals surface area contributed by atoms with Crippen molar-refractivity contribution >= 4 is 44.9 Å². The lowest BCUT2D eigenvalue weighted by atomic mass is 9.71. The van der Waals surface area contributed by atoms with Gasteiger partial charge in [0.2, 0.25) is 5.60 Å². The molecule has 11 heteroatoms. The van der Waals surface area contributed by atoms with Gasteiger partial charge in [0.05, 0.1) is 35.4 Å². The van der Waals surface area contributed by atoms with Gasteiger partial charge in [-0.25, -0.2) is 14.6 Å². The quantitative estimate of drug-likeness (QED) is 0.187. The summed E-state index contributed by atoms with van der Waals surface area (Å²) in [6.45, 7) is 7.51. The van der Waals surface area contributed by atoms with Gasteiger partial charge in [0.1, 0.15) is 12.2 Å². The number of halogens is 1. The van der Waals surface area contributed by atoms with Gasteiger partial charge in [0.25, 0.3) is 5.56 Å². The number of amides is 1. The standard InChI is InChI=1S/C34H38BrN3O7/c1-5-34(44-27(39)16-33(12-7-6-8-13-33)19-36-31(42)45-32(2,3)4)23-15-26-28-20(14-21-24(35)10-9-11-25(21)37-28)17-38(26)29(40)22(23)18-43-30(34)41/h9-11,14-15H,5-8,12-13,16-19H2,1-4H3,(H,36,42). The molecule has 1 N–H and O–H groups in total. The minimum atomic E-state index is -1.78. The van der Waals surface area contributed by atoms with E-state index in [2.05, 4.69) is 21.2 Å². The lowest BCUT2D eigenvalue weighted by Gasteiger charge is -2.39. The van der Waals surface area contributed by atoms with E-state index in [1.165, 1.54) is 0 Å². The van der Waals surface area contributed by atoms with Crippen LogP contribution in [0.25, 0.3) is 22.3 Å². The summed E-state index contributed by atoms with van der Waals surface area (Å²) in [4.78, 5) is 58.6. The lowest BCUT2D eigenvalue weighted by molar-refractivity contribution is -0.191. The van der Waals surface area contributed by atoms with Gasteiger partial charge in [0, 0.05) is 27.5 Å². The first-order valence-corrected chi connectivity index (χ1v) is 16.4. The molecule has 0 saturated heterocycles. The normalized spacial score (nSPS) is 20.1. The van der Waals surface area contributed by atoms with Crippen molar-refractivity contribution in [1.29, 1.82) is 0 Å². The van der Waals surface area contributed by atoms with Crippen molar-refractivity contribution < 1.29 is 28.6 Å². The molecule has 6 rings (SSSR count). The fourth-order valence-corrected chi connectivity index (χ4v) is 7.42. The first-order valence-electron chi connectivity index (χ1n) is 15.6. The van der Waals surface area contributed by atoms with Crippen LogP contribution in [0.2, 0.25) is 0 Å². The van der Waals surface area contributed by atoms with E-state index in [0.717, 1.165) is 53.0 Å². The van der Waals surface area contributed by atoms with E-state index in [4.69, 9.17) is 19.2 Å². The van der Waals surface area contributed by atoms with Crippen LogP contribution in [0.5, 0.6) is 0 Å². The summed E-state index contributed by atoms with van der Waals surface area (Å²) >= 11 is 3.59. The van der Waals surface area contributed by atoms with Crippen LogP contribution >= 0.6 is 15.9 Å². The van der Waals surface area contributed by atoms with Gasteiger partial charge < -0.3 is 24.1 Å². The lowest BCUT2D eigenvalue weighted by Crippen LogP contribution is -2.48. The smallest absolute Gasteiger partial charge is 0.407 e. The highest BCUT2D eigenvalue weighted by molar-refractivity contribution is 9.10. The third-order valence-electron chi connectivity index (χ3n) is 9.19. The maximum absolute atomic E-state index is 13.9. The van der Waals surface area contributed by atoms with Crippen molar-refractivity contribution in [3.8, 4) is 11.4 Å². The zero-order valence-electron chi connectivity index (χ0n) is 26.1. The number of alkyl carbamates (subject to hydrolysis) is 1. The van der Waals surface area contributed by atoms with Gasteiger partial charge in [-0.15, -0.1) is 0 Å². The zero-order chi connectivity index (χ0) is 32.1. The number of hydrogen-bond donors (Lipinski definition) is 1. The summed E-state index contributed by atoms with van der Waals surface area (Å²) in [5.41, 5.74) is 0.261. The molecule has 2 aliphatic heterocycles. The second-order valence-electron chi connectivity index (χ2n) is 13.4. The predicted molar refractivity (Wildman–Crippen MR) is 170 cm³/mol. The zero-order valence-corrected chi connectivity index (χ0v) is 27.7. The maximum atomic E-state index is 13.9. The third-order valence-corrected chi connectivity index (χ3v) is 9.89. The molecule has 1 atom stereocenters. The fourth-order valence-electron chi connectivity index (χ4n) is 6.95. The van der Waals surface area contributed by atoms with Gasteiger partial charge in [0.15, 0.2) is 0 Å². The van der Waals surface area contributed by atoms with Crippen molar-refractivity contribution in [2.75, 3.05) is 6.54 Å². The SMILES string of the molecule is CCC1(OC(=O)CC2(CNC(=O)OC(C)(C)C)CCCCC2)C(=O)OCc2c1cc1n(c2=O)Cc2cc3c(Br)cccc3nc2-1. The molecule has 0 radical (unpaired) electrons. The van der Waals surface area contributed by atoms with Crippen LogP contribution in [-0.2, 0) is 42.6 Å². The van der Waals surface area contributed by atoms with E-state index in [1.807, 2.05) is 24.3 Å². The topological polar surface area (TPSA) is 126 Å². The molecule has 1 fully saturated rings. The molecule has 45 heavy (non-hydrogen) atoms. The van der Waals surface area contributed by atoms with E-state index in [9.17, 15) is 19.2 Å². The maximum Gasteiger partial charge on any atom is 0.407 e.